The van der Waals surface area contributed by atoms with E-state index in [0.717, 1.165) is 17.5 Å². The molecule has 1 aliphatic heterocycles. The number of hydrogen-bond donors (Lipinski definition) is 1. The smallest absolute Gasteiger partial charge is 0.227 e. The van der Waals surface area contributed by atoms with Gasteiger partial charge in [0.05, 0.1) is 19.1 Å². The summed E-state index contributed by atoms with van der Waals surface area (Å²) in [5.74, 6) is 0.148. The standard InChI is InChI=1S/C15H20N2O2S/c1-2-13-10-17(7-8-19-13)14(18)9-11-3-5-12(6-4-11)15(16)20/h3-6,13H,2,7-10H2,1H3,(H2,16,20). The molecule has 108 valence electrons. The van der Waals surface area contributed by atoms with Gasteiger partial charge in [0.1, 0.15) is 4.99 Å². The van der Waals surface area contributed by atoms with E-state index in [2.05, 4.69) is 6.92 Å². The maximum absolute atomic E-state index is 12.3. The van der Waals surface area contributed by atoms with Crippen LogP contribution < -0.4 is 5.73 Å². The number of nitrogens with zero attached hydrogens (tertiary/aromatic N) is 1. The molecule has 1 amide bonds. The molecule has 0 bridgehead atoms. The predicted octanol–water partition coefficient (Wildman–Crippen LogP) is 1.50. The number of amides is 1. The van der Waals surface area contributed by atoms with Gasteiger partial charge in [0.2, 0.25) is 5.91 Å². The normalized spacial score (nSPS) is 18.9. The fourth-order valence-electron chi connectivity index (χ4n) is 2.27. The predicted molar refractivity (Wildman–Crippen MR) is 82.6 cm³/mol. The van der Waals surface area contributed by atoms with Crippen LogP contribution in [0.1, 0.15) is 24.5 Å². The quantitative estimate of drug-likeness (QED) is 0.855. The van der Waals surface area contributed by atoms with E-state index in [1.165, 1.54) is 0 Å². The van der Waals surface area contributed by atoms with Crippen molar-refractivity contribution in [3.05, 3.63) is 35.4 Å². The molecule has 1 aromatic rings. The zero-order chi connectivity index (χ0) is 14.5. The maximum Gasteiger partial charge on any atom is 0.227 e. The number of rotatable bonds is 4. The summed E-state index contributed by atoms with van der Waals surface area (Å²) in [6.45, 7) is 4.08. The molecular weight excluding hydrogens is 272 g/mol. The monoisotopic (exact) mass is 292 g/mol. The Labute approximate surface area is 124 Å². The van der Waals surface area contributed by atoms with Crippen LogP contribution in [0.2, 0.25) is 0 Å². The molecule has 1 fully saturated rings. The van der Waals surface area contributed by atoms with Crippen molar-refractivity contribution < 1.29 is 9.53 Å². The van der Waals surface area contributed by atoms with Crippen LogP contribution >= 0.6 is 12.2 Å². The second kappa shape index (κ2) is 6.81. The molecule has 0 radical (unpaired) electrons. The molecule has 0 saturated carbocycles. The minimum Gasteiger partial charge on any atom is -0.389 e. The van der Waals surface area contributed by atoms with Crippen LogP contribution in [0.15, 0.2) is 24.3 Å². The van der Waals surface area contributed by atoms with Crippen LogP contribution in [-0.4, -0.2) is 41.6 Å². The van der Waals surface area contributed by atoms with Gasteiger partial charge >= 0.3 is 0 Å². The highest BCUT2D eigenvalue weighted by Crippen LogP contribution is 2.11. The van der Waals surface area contributed by atoms with Crippen LogP contribution in [0.4, 0.5) is 0 Å². The molecular formula is C15H20N2O2S. The first-order valence-electron chi connectivity index (χ1n) is 6.88. The van der Waals surface area contributed by atoms with E-state index in [9.17, 15) is 4.79 Å². The highest BCUT2D eigenvalue weighted by atomic mass is 32.1. The molecule has 0 aromatic heterocycles. The van der Waals surface area contributed by atoms with Gasteiger partial charge in [-0.1, -0.05) is 43.4 Å². The van der Waals surface area contributed by atoms with Crippen LogP contribution in [0.3, 0.4) is 0 Å². The molecule has 1 aromatic carbocycles. The van der Waals surface area contributed by atoms with Crippen molar-refractivity contribution in [3.8, 4) is 0 Å². The van der Waals surface area contributed by atoms with Gasteiger partial charge in [-0.25, -0.2) is 0 Å². The van der Waals surface area contributed by atoms with Crippen molar-refractivity contribution in [2.24, 2.45) is 5.73 Å². The Hall–Kier alpha value is -1.46. The van der Waals surface area contributed by atoms with Crippen molar-refractivity contribution in [3.63, 3.8) is 0 Å². The largest absolute Gasteiger partial charge is 0.389 e. The van der Waals surface area contributed by atoms with E-state index in [1.54, 1.807) is 0 Å². The highest BCUT2D eigenvalue weighted by Gasteiger charge is 2.22. The number of ether oxygens (including phenoxy) is 1. The molecule has 1 saturated heterocycles. The van der Waals surface area contributed by atoms with E-state index in [0.29, 0.717) is 31.1 Å². The van der Waals surface area contributed by atoms with E-state index >= 15 is 0 Å². The zero-order valence-electron chi connectivity index (χ0n) is 11.7. The molecule has 20 heavy (non-hydrogen) atoms. The van der Waals surface area contributed by atoms with E-state index in [4.69, 9.17) is 22.7 Å². The molecule has 5 heteroatoms. The number of benzene rings is 1. The summed E-state index contributed by atoms with van der Waals surface area (Å²) in [4.78, 5) is 14.5. The lowest BCUT2D eigenvalue weighted by Crippen LogP contribution is -2.45. The summed E-state index contributed by atoms with van der Waals surface area (Å²) in [5, 5.41) is 0. The van der Waals surface area contributed by atoms with Crippen molar-refractivity contribution in [2.75, 3.05) is 19.7 Å². The average Bonchev–Trinajstić information content (AvgIpc) is 2.47. The summed E-state index contributed by atoms with van der Waals surface area (Å²) < 4.78 is 5.58. The van der Waals surface area contributed by atoms with E-state index in [1.807, 2.05) is 29.2 Å². The lowest BCUT2D eigenvalue weighted by molar-refractivity contribution is -0.138. The zero-order valence-corrected chi connectivity index (χ0v) is 12.5. The van der Waals surface area contributed by atoms with E-state index in [-0.39, 0.29) is 12.0 Å². The van der Waals surface area contributed by atoms with Gasteiger partial charge in [-0.15, -0.1) is 0 Å². The summed E-state index contributed by atoms with van der Waals surface area (Å²) in [7, 11) is 0. The van der Waals surface area contributed by atoms with Crippen LogP contribution in [0.5, 0.6) is 0 Å². The lowest BCUT2D eigenvalue weighted by atomic mass is 10.1. The Balaban J connectivity index is 1.95. The van der Waals surface area contributed by atoms with Crippen molar-refractivity contribution >= 4 is 23.1 Å². The van der Waals surface area contributed by atoms with E-state index < -0.39 is 0 Å². The topological polar surface area (TPSA) is 55.6 Å². The number of nitrogens with two attached hydrogens (primary N) is 1. The second-order valence-electron chi connectivity index (χ2n) is 4.98. The third-order valence-electron chi connectivity index (χ3n) is 3.54. The first kappa shape index (κ1) is 14.9. The third kappa shape index (κ3) is 3.77. The molecule has 4 nitrogen and oxygen atoms in total. The minimum atomic E-state index is 0.148. The Morgan fingerprint density at radius 2 is 2.15 bits per heavy atom. The number of hydrogen-bond acceptors (Lipinski definition) is 3. The highest BCUT2D eigenvalue weighted by molar-refractivity contribution is 7.80. The number of morpholine rings is 1. The van der Waals surface area contributed by atoms with Gasteiger partial charge < -0.3 is 15.4 Å². The van der Waals surface area contributed by atoms with Crippen molar-refractivity contribution in [1.29, 1.82) is 0 Å². The van der Waals surface area contributed by atoms with Gasteiger partial charge in [-0.3, -0.25) is 4.79 Å². The van der Waals surface area contributed by atoms with Gasteiger partial charge in [-0.2, -0.15) is 0 Å². The molecule has 1 unspecified atom stereocenters. The summed E-state index contributed by atoms with van der Waals surface area (Å²) >= 11 is 4.91. The van der Waals surface area contributed by atoms with Crippen molar-refractivity contribution in [2.45, 2.75) is 25.9 Å². The Kier molecular flexibility index (Phi) is 5.09. The van der Waals surface area contributed by atoms with Gasteiger partial charge in [-0.05, 0) is 12.0 Å². The van der Waals surface area contributed by atoms with Crippen LogP contribution in [-0.2, 0) is 16.0 Å². The summed E-state index contributed by atoms with van der Waals surface area (Å²) in [6.07, 6.45) is 1.52. The fraction of sp³-hybridized carbons (Fsp3) is 0.467. The molecule has 0 spiro atoms. The van der Waals surface area contributed by atoms with Gasteiger partial charge in [0.25, 0.3) is 0 Å². The van der Waals surface area contributed by atoms with Crippen molar-refractivity contribution in [1.82, 2.24) is 4.90 Å². The molecule has 2 N–H and O–H groups in total. The Bertz CT molecular complexity index is 487. The average molecular weight is 292 g/mol. The molecule has 1 atom stereocenters. The molecule has 0 aliphatic carbocycles. The Morgan fingerprint density at radius 1 is 1.45 bits per heavy atom. The number of carbonyl (C=O) groups is 1. The maximum atomic E-state index is 12.3. The fourth-order valence-corrected chi connectivity index (χ4v) is 2.40. The molecule has 1 aliphatic rings. The van der Waals surface area contributed by atoms with Crippen LogP contribution in [0.25, 0.3) is 0 Å². The SMILES string of the molecule is CCC1CN(C(=O)Cc2ccc(C(N)=S)cc2)CCO1. The van der Waals surface area contributed by atoms with Gasteiger partial charge in [0.15, 0.2) is 0 Å². The number of thiocarbonyl (C=S) groups is 1. The third-order valence-corrected chi connectivity index (χ3v) is 3.78. The Morgan fingerprint density at radius 3 is 2.75 bits per heavy atom. The summed E-state index contributed by atoms with van der Waals surface area (Å²) in [6, 6.07) is 7.53. The first-order chi connectivity index (χ1) is 9.60. The second-order valence-corrected chi connectivity index (χ2v) is 5.42. The molecule has 2 rings (SSSR count). The number of carbonyl (C=O) groups excluding carboxylic acids is 1. The van der Waals surface area contributed by atoms with Gasteiger partial charge in [0, 0.05) is 18.7 Å². The minimum absolute atomic E-state index is 0.148. The molecule has 1 heterocycles. The summed E-state index contributed by atoms with van der Waals surface area (Å²) in [5.41, 5.74) is 7.36. The van der Waals surface area contributed by atoms with Crippen LogP contribution in [0, 0.1) is 0 Å². The first-order valence-corrected chi connectivity index (χ1v) is 7.29. The lowest BCUT2D eigenvalue weighted by Gasteiger charge is -2.32.